The largest absolute Gasteiger partial charge is 0.340 e. The fourth-order valence-electron chi connectivity index (χ4n) is 6.02. The average molecular weight is 523 g/mol. The molecule has 0 bridgehead atoms. The van der Waals surface area contributed by atoms with E-state index in [2.05, 4.69) is 106 Å². The van der Waals surface area contributed by atoms with Crippen molar-refractivity contribution in [3.05, 3.63) is 107 Å². The highest BCUT2D eigenvalue weighted by molar-refractivity contribution is 6.03. The minimum Gasteiger partial charge on any atom is -0.340 e. The first-order valence-corrected chi connectivity index (χ1v) is 13.6. The highest BCUT2D eigenvalue weighted by Crippen LogP contribution is 2.32. The Morgan fingerprint density at radius 3 is 2.13 bits per heavy atom. The van der Waals surface area contributed by atoms with Gasteiger partial charge in [-0.3, -0.25) is 15.0 Å². The summed E-state index contributed by atoms with van der Waals surface area (Å²) in [6.07, 6.45) is -0.537. The lowest BCUT2D eigenvalue weighted by atomic mass is 9.96. The number of benzene rings is 3. The molecule has 0 saturated carbocycles. The van der Waals surface area contributed by atoms with E-state index in [1.807, 2.05) is 6.07 Å². The molecule has 3 aromatic rings. The fraction of sp³-hybridized carbons (Fsp3) is 0.323. The maximum absolute atomic E-state index is 13.1. The molecule has 3 heterocycles. The number of amides is 3. The Morgan fingerprint density at radius 2 is 1.51 bits per heavy atom. The number of piperazine rings is 1. The number of hydrogen-bond donors (Lipinski definition) is 1. The Bertz CT molecular complexity index is 1330. The number of likely N-dealkylation sites (N-methyl/N-ethyl adjacent to an activating group) is 1. The van der Waals surface area contributed by atoms with E-state index >= 15 is 0 Å². The van der Waals surface area contributed by atoms with Crippen LogP contribution in [0.25, 0.3) is 0 Å². The standard InChI is InChI=1S/C31H34N6O2/c1-22-10-9-11-23(20-22)21-37-27-28(34(2)31(39)33-29(27)38)32-30(37)36-18-16-35(17-19-36)26(24-12-5-3-6-13-24)25-14-7-4-8-15-25/h3-15,20,26-28H,16-19,21H2,1-2H3,(H,33,38,39). The third kappa shape index (κ3) is 4.88. The number of fused-ring (bicyclic) bond motifs is 1. The van der Waals surface area contributed by atoms with Gasteiger partial charge in [0.05, 0.1) is 6.04 Å². The zero-order valence-electron chi connectivity index (χ0n) is 22.4. The summed E-state index contributed by atoms with van der Waals surface area (Å²) in [4.78, 5) is 38.9. The van der Waals surface area contributed by atoms with Gasteiger partial charge in [0.25, 0.3) is 5.91 Å². The molecular formula is C31H34N6O2. The first-order valence-electron chi connectivity index (χ1n) is 13.6. The number of carbonyl (C=O) groups is 2. The van der Waals surface area contributed by atoms with E-state index in [4.69, 9.17) is 4.99 Å². The van der Waals surface area contributed by atoms with E-state index in [1.54, 1.807) is 11.9 Å². The van der Waals surface area contributed by atoms with Crippen molar-refractivity contribution < 1.29 is 9.59 Å². The fourth-order valence-corrected chi connectivity index (χ4v) is 6.02. The summed E-state index contributed by atoms with van der Waals surface area (Å²) in [6.45, 7) is 5.87. The van der Waals surface area contributed by atoms with E-state index in [1.165, 1.54) is 16.7 Å². The number of rotatable bonds is 5. The maximum atomic E-state index is 13.1. The molecule has 3 aromatic carbocycles. The van der Waals surface area contributed by atoms with Crippen molar-refractivity contribution in [3.63, 3.8) is 0 Å². The average Bonchev–Trinajstić information content (AvgIpc) is 3.33. The number of guanidine groups is 1. The molecule has 3 aliphatic heterocycles. The van der Waals surface area contributed by atoms with Crippen molar-refractivity contribution in [1.29, 1.82) is 0 Å². The van der Waals surface area contributed by atoms with E-state index in [9.17, 15) is 9.59 Å². The lowest BCUT2D eigenvalue weighted by Gasteiger charge is -2.42. The van der Waals surface area contributed by atoms with E-state index < -0.39 is 18.2 Å². The van der Waals surface area contributed by atoms with E-state index in [-0.39, 0.29) is 11.9 Å². The molecule has 39 heavy (non-hydrogen) atoms. The van der Waals surface area contributed by atoms with Crippen LogP contribution in [0.15, 0.2) is 89.9 Å². The van der Waals surface area contributed by atoms with Crippen LogP contribution in [0.1, 0.15) is 28.3 Å². The second-order valence-corrected chi connectivity index (χ2v) is 10.6. The van der Waals surface area contributed by atoms with Gasteiger partial charge in [-0.25, -0.2) is 9.79 Å². The normalized spacial score (nSPS) is 21.7. The number of urea groups is 1. The van der Waals surface area contributed by atoms with Gasteiger partial charge in [0.2, 0.25) is 0 Å². The summed E-state index contributed by atoms with van der Waals surface area (Å²) in [7, 11) is 1.71. The summed E-state index contributed by atoms with van der Waals surface area (Å²) >= 11 is 0. The molecule has 2 unspecified atom stereocenters. The van der Waals surface area contributed by atoms with Crippen LogP contribution < -0.4 is 5.32 Å². The Morgan fingerprint density at radius 1 is 0.872 bits per heavy atom. The number of aryl methyl sites for hydroxylation is 1. The Labute approximate surface area is 229 Å². The van der Waals surface area contributed by atoms with Crippen LogP contribution in [-0.2, 0) is 11.3 Å². The maximum Gasteiger partial charge on any atom is 0.325 e. The first kappa shape index (κ1) is 25.1. The van der Waals surface area contributed by atoms with Crippen molar-refractivity contribution in [1.82, 2.24) is 24.9 Å². The Balaban J connectivity index is 1.26. The summed E-state index contributed by atoms with van der Waals surface area (Å²) in [5, 5.41) is 2.52. The van der Waals surface area contributed by atoms with Gasteiger partial charge in [-0.05, 0) is 23.6 Å². The molecule has 0 spiro atoms. The van der Waals surface area contributed by atoms with Gasteiger partial charge in [0.15, 0.2) is 18.2 Å². The number of hydrogen-bond acceptors (Lipinski definition) is 6. The zero-order valence-corrected chi connectivity index (χ0v) is 22.4. The predicted molar refractivity (Wildman–Crippen MR) is 151 cm³/mol. The summed E-state index contributed by atoms with van der Waals surface area (Å²) in [5.41, 5.74) is 4.84. The quantitative estimate of drug-likeness (QED) is 0.556. The molecule has 200 valence electrons. The second kappa shape index (κ2) is 10.5. The molecule has 0 radical (unpaired) electrons. The lowest BCUT2D eigenvalue weighted by Crippen LogP contribution is -2.64. The van der Waals surface area contributed by atoms with Crippen LogP contribution in [0.5, 0.6) is 0 Å². The SMILES string of the molecule is Cc1cccc(CN2C(N3CCN(C(c4ccccc4)c4ccccc4)CC3)=NC3C2C(=O)NC(=O)N3C)c1. The lowest BCUT2D eigenvalue weighted by molar-refractivity contribution is -0.127. The van der Waals surface area contributed by atoms with E-state index in [0.717, 1.165) is 37.7 Å². The van der Waals surface area contributed by atoms with Crippen molar-refractivity contribution >= 4 is 17.9 Å². The molecule has 2 saturated heterocycles. The molecule has 0 aromatic heterocycles. The number of nitrogens with one attached hydrogen (secondary N) is 1. The minimum atomic E-state index is -0.553. The van der Waals surface area contributed by atoms with Gasteiger partial charge in [0, 0.05) is 39.8 Å². The van der Waals surface area contributed by atoms with Crippen molar-refractivity contribution in [2.24, 2.45) is 4.99 Å². The molecule has 2 atom stereocenters. The van der Waals surface area contributed by atoms with E-state index in [0.29, 0.717) is 6.54 Å². The van der Waals surface area contributed by atoms with Crippen LogP contribution in [0.2, 0.25) is 0 Å². The van der Waals surface area contributed by atoms with Gasteiger partial charge < -0.3 is 14.7 Å². The van der Waals surface area contributed by atoms with Crippen molar-refractivity contribution in [3.8, 4) is 0 Å². The summed E-state index contributed by atoms with van der Waals surface area (Å²) in [5.74, 6) is 0.500. The van der Waals surface area contributed by atoms with Gasteiger partial charge in [-0.1, -0.05) is 90.5 Å². The van der Waals surface area contributed by atoms with Crippen LogP contribution >= 0.6 is 0 Å². The minimum absolute atomic E-state index is 0.167. The molecular weight excluding hydrogens is 488 g/mol. The van der Waals surface area contributed by atoms with Crippen molar-refractivity contribution in [2.75, 3.05) is 33.2 Å². The summed E-state index contributed by atoms with van der Waals surface area (Å²) in [6, 6.07) is 28.9. The molecule has 2 fully saturated rings. The van der Waals surface area contributed by atoms with Crippen molar-refractivity contribution in [2.45, 2.75) is 31.7 Å². The van der Waals surface area contributed by atoms with Gasteiger partial charge in [-0.15, -0.1) is 0 Å². The Kier molecular flexibility index (Phi) is 6.79. The number of nitrogens with zero attached hydrogens (tertiary/aromatic N) is 5. The molecule has 3 amide bonds. The van der Waals surface area contributed by atoms with Gasteiger partial charge >= 0.3 is 6.03 Å². The molecule has 8 nitrogen and oxygen atoms in total. The summed E-state index contributed by atoms with van der Waals surface area (Å²) < 4.78 is 0. The molecule has 8 heteroatoms. The highest BCUT2D eigenvalue weighted by Gasteiger charge is 2.50. The highest BCUT2D eigenvalue weighted by atomic mass is 16.2. The van der Waals surface area contributed by atoms with Crippen LogP contribution in [-0.4, -0.2) is 82.9 Å². The first-order chi connectivity index (χ1) is 19.0. The van der Waals surface area contributed by atoms with Gasteiger partial charge in [-0.2, -0.15) is 0 Å². The number of aliphatic imine (C=N–C) groups is 1. The number of carbonyl (C=O) groups excluding carboxylic acids is 2. The molecule has 3 aliphatic rings. The monoisotopic (exact) mass is 522 g/mol. The van der Waals surface area contributed by atoms with Crippen LogP contribution in [0.4, 0.5) is 4.79 Å². The zero-order chi connectivity index (χ0) is 26.9. The molecule has 6 rings (SSSR count). The van der Waals surface area contributed by atoms with Crippen LogP contribution in [0, 0.1) is 6.92 Å². The third-order valence-corrected chi connectivity index (χ3v) is 7.97. The topological polar surface area (TPSA) is 71.5 Å². The third-order valence-electron chi connectivity index (χ3n) is 7.97. The smallest absolute Gasteiger partial charge is 0.325 e. The predicted octanol–water partition coefficient (Wildman–Crippen LogP) is 3.45. The number of imide groups is 1. The molecule has 1 N–H and O–H groups in total. The van der Waals surface area contributed by atoms with Gasteiger partial charge in [0.1, 0.15) is 0 Å². The second-order valence-electron chi connectivity index (χ2n) is 10.6. The Hall–Kier alpha value is -4.17. The molecule has 0 aliphatic carbocycles. The van der Waals surface area contributed by atoms with Crippen LogP contribution in [0.3, 0.4) is 0 Å².